The molecule has 1 aromatic carbocycles. The number of para-hydroxylation sites is 1. The first-order valence-corrected chi connectivity index (χ1v) is 7.62. The first-order chi connectivity index (χ1) is 10.2. The molecule has 2 aliphatic rings. The van der Waals surface area contributed by atoms with Gasteiger partial charge in [-0.05, 0) is 24.5 Å². The minimum absolute atomic E-state index is 0.0195. The Bertz CT molecular complexity index is 550. The van der Waals surface area contributed by atoms with Gasteiger partial charge in [0.2, 0.25) is 5.91 Å². The minimum Gasteiger partial charge on any atom is -0.343 e. The van der Waals surface area contributed by atoms with Gasteiger partial charge in [-0.3, -0.25) is 4.79 Å². The van der Waals surface area contributed by atoms with Crippen molar-refractivity contribution in [3.8, 4) is 0 Å². The molecule has 0 aromatic heterocycles. The van der Waals surface area contributed by atoms with Crippen LogP contribution in [-0.4, -0.2) is 40.9 Å². The molecule has 1 aromatic rings. The predicted octanol–water partition coefficient (Wildman–Crippen LogP) is 2.44. The Labute approximate surface area is 124 Å². The SMILES string of the molecule is CCC(=O)N1CCC(N2Cc3ccccc3NC2=O)CC1. The third kappa shape index (κ3) is 2.73. The molecular formula is C16H21N3O2. The van der Waals surface area contributed by atoms with Crippen LogP contribution in [0.5, 0.6) is 0 Å². The highest BCUT2D eigenvalue weighted by molar-refractivity contribution is 5.92. The van der Waals surface area contributed by atoms with Crippen LogP contribution in [0.1, 0.15) is 31.7 Å². The third-order valence-corrected chi connectivity index (χ3v) is 4.42. The maximum Gasteiger partial charge on any atom is 0.322 e. The van der Waals surface area contributed by atoms with Gasteiger partial charge in [-0.2, -0.15) is 0 Å². The fourth-order valence-electron chi connectivity index (χ4n) is 3.17. The van der Waals surface area contributed by atoms with Gasteiger partial charge in [0.25, 0.3) is 0 Å². The van der Waals surface area contributed by atoms with Crippen LogP contribution in [0.4, 0.5) is 10.5 Å². The number of rotatable bonds is 2. The molecule has 2 aliphatic heterocycles. The van der Waals surface area contributed by atoms with Gasteiger partial charge < -0.3 is 15.1 Å². The normalized spacial score (nSPS) is 19.2. The van der Waals surface area contributed by atoms with E-state index in [2.05, 4.69) is 11.4 Å². The highest BCUT2D eigenvalue weighted by Gasteiger charge is 2.32. The number of likely N-dealkylation sites (tertiary alicyclic amines) is 1. The number of hydrogen-bond donors (Lipinski definition) is 1. The van der Waals surface area contributed by atoms with Gasteiger partial charge in [0.15, 0.2) is 0 Å². The van der Waals surface area contributed by atoms with E-state index in [4.69, 9.17) is 0 Å². The van der Waals surface area contributed by atoms with Crippen LogP contribution in [0.3, 0.4) is 0 Å². The summed E-state index contributed by atoms with van der Waals surface area (Å²) < 4.78 is 0. The van der Waals surface area contributed by atoms with E-state index in [-0.39, 0.29) is 18.0 Å². The number of carbonyl (C=O) groups excluding carboxylic acids is 2. The molecule has 3 rings (SSSR count). The lowest BCUT2D eigenvalue weighted by molar-refractivity contribution is -0.132. The Morgan fingerprint density at radius 3 is 2.71 bits per heavy atom. The smallest absolute Gasteiger partial charge is 0.322 e. The quantitative estimate of drug-likeness (QED) is 0.908. The second-order valence-electron chi connectivity index (χ2n) is 5.68. The van der Waals surface area contributed by atoms with Crippen LogP contribution in [0.25, 0.3) is 0 Å². The topological polar surface area (TPSA) is 52.7 Å². The molecule has 5 heteroatoms. The number of amides is 3. The van der Waals surface area contributed by atoms with Crippen LogP contribution in [0.2, 0.25) is 0 Å². The summed E-state index contributed by atoms with van der Waals surface area (Å²) >= 11 is 0. The van der Waals surface area contributed by atoms with Crippen molar-refractivity contribution in [2.24, 2.45) is 0 Å². The summed E-state index contributed by atoms with van der Waals surface area (Å²) in [6, 6.07) is 8.12. The number of anilines is 1. The largest absolute Gasteiger partial charge is 0.343 e. The fourth-order valence-corrected chi connectivity index (χ4v) is 3.17. The van der Waals surface area contributed by atoms with Crippen LogP contribution in [0.15, 0.2) is 24.3 Å². The maximum absolute atomic E-state index is 12.3. The van der Waals surface area contributed by atoms with Crippen LogP contribution in [-0.2, 0) is 11.3 Å². The lowest BCUT2D eigenvalue weighted by atomic mass is 10.0. The number of nitrogens with zero attached hydrogens (tertiary/aromatic N) is 2. The van der Waals surface area contributed by atoms with Gasteiger partial charge in [-0.15, -0.1) is 0 Å². The Balaban J connectivity index is 1.66. The zero-order valence-electron chi connectivity index (χ0n) is 12.3. The summed E-state index contributed by atoms with van der Waals surface area (Å²) in [7, 11) is 0. The van der Waals surface area contributed by atoms with E-state index in [9.17, 15) is 9.59 Å². The molecule has 112 valence electrons. The molecule has 5 nitrogen and oxygen atoms in total. The maximum atomic E-state index is 12.3. The van der Waals surface area contributed by atoms with Crippen LogP contribution in [0, 0.1) is 0 Å². The average Bonchev–Trinajstić information content (AvgIpc) is 2.53. The molecule has 2 heterocycles. The zero-order valence-corrected chi connectivity index (χ0v) is 12.3. The fraction of sp³-hybridized carbons (Fsp3) is 0.500. The van der Waals surface area contributed by atoms with Crippen molar-refractivity contribution in [1.29, 1.82) is 0 Å². The summed E-state index contributed by atoms with van der Waals surface area (Å²) in [4.78, 5) is 27.8. The summed E-state index contributed by atoms with van der Waals surface area (Å²) in [6.45, 7) is 4.06. The van der Waals surface area contributed by atoms with E-state index in [1.807, 2.05) is 34.9 Å². The van der Waals surface area contributed by atoms with Crippen molar-refractivity contribution < 1.29 is 9.59 Å². The van der Waals surface area contributed by atoms with E-state index in [0.717, 1.165) is 37.2 Å². The number of carbonyl (C=O) groups is 2. The average molecular weight is 287 g/mol. The third-order valence-electron chi connectivity index (χ3n) is 4.42. The van der Waals surface area contributed by atoms with E-state index < -0.39 is 0 Å². The number of hydrogen-bond acceptors (Lipinski definition) is 2. The Kier molecular flexibility index (Phi) is 3.82. The Hall–Kier alpha value is -2.04. The second-order valence-corrected chi connectivity index (χ2v) is 5.68. The monoisotopic (exact) mass is 287 g/mol. The molecule has 0 spiro atoms. The van der Waals surface area contributed by atoms with Crippen molar-refractivity contribution in [2.45, 2.75) is 38.8 Å². The molecule has 21 heavy (non-hydrogen) atoms. The Morgan fingerprint density at radius 1 is 1.29 bits per heavy atom. The molecule has 1 saturated heterocycles. The molecule has 0 aliphatic carbocycles. The summed E-state index contributed by atoms with van der Waals surface area (Å²) in [5.74, 6) is 0.210. The number of piperidine rings is 1. The lowest BCUT2D eigenvalue weighted by Crippen LogP contribution is -2.51. The molecule has 1 N–H and O–H groups in total. The molecule has 0 bridgehead atoms. The van der Waals surface area contributed by atoms with Gasteiger partial charge in [0.1, 0.15) is 0 Å². The zero-order chi connectivity index (χ0) is 14.8. The Morgan fingerprint density at radius 2 is 2.00 bits per heavy atom. The first-order valence-electron chi connectivity index (χ1n) is 7.62. The van der Waals surface area contributed by atoms with Crippen molar-refractivity contribution in [3.05, 3.63) is 29.8 Å². The number of fused-ring (bicyclic) bond motifs is 1. The highest BCUT2D eigenvalue weighted by Crippen LogP contribution is 2.27. The van der Waals surface area contributed by atoms with E-state index >= 15 is 0 Å². The molecular weight excluding hydrogens is 266 g/mol. The van der Waals surface area contributed by atoms with Gasteiger partial charge in [-0.1, -0.05) is 25.1 Å². The molecule has 3 amide bonds. The van der Waals surface area contributed by atoms with E-state index in [1.165, 1.54) is 0 Å². The number of benzene rings is 1. The minimum atomic E-state index is -0.0195. The van der Waals surface area contributed by atoms with E-state index in [0.29, 0.717) is 13.0 Å². The van der Waals surface area contributed by atoms with Crippen LogP contribution < -0.4 is 5.32 Å². The molecule has 0 radical (unpaired) electrons. The standard InChI is InChI=1S/C16H21N3O2/c1-2-15(20)18-9-7-13(8-10-18)19-11-12-5-3-4-6-14(12)17-16(19)21/h3-6,13H,2,7-11H2,1H3,(H,17,21). The van der Waals surface area contributed by atoms with E-state index in [1.54, 1.807) is 0 Å². The predicted molar refractivity (Wildman–Crippen MR) is 80.9 cm³/mol. The highest BCUT2D eigenvalue weighted by atomic mass is 16.2. The van der Waals surface area contributed by atoms with Crippen molar-refractivity contribution in [1.82, 2.24) is 9.80 Å². The number of urea groups is 1. The number of nitrogens with one attached hydrogen (secondary N) is 1. The van der Waals surface area contributed by atoms with Gasteiger partial charge in [0, 0.05) is 37.8 Å². The molecule has 0 saturated carbocycles. The van der Waals surface area contributed by atoms with Crippen LogP contribution >= 0.6 is 0 Å². The molecule has 1 fully saturated rings. The second kappa shape index (κ2) is 5.76. The van der Waals surface area contributed by atoms with Gasteiger partial charge >= 0.3 is 6.03 Å². The van der Waals surface area contributed by atoms with Gasteiger partial charge in [-0.25, -0.2) is 4.79 Å². The van der Waals surface area contributed by atoms with Crippen molar-refractivity contribution in [3.63, 3.8) is 0 Å². The summed E-state index contributed by atoms with van der Waals surface area (Å²) in [5.41, 5.74) is 2.07. The van der Waals surface area contributed by atoms with Crippen molar-refractivity contribution >= 4 is 17.6 Å². The molecule has 0 unspecified atom stereocenters. The summed E-state index contributed by atoms with van der Waals surface area (Å²) in [6.07, 6.45) is 2.28. The van der Waals surface area contributed by atoms with Crippen molar-refractivity contribution in [2.75, 3.05) is 18.4 Å². The lowest BCUT2D eigenvalue weighted by Gasteiger charge is -2.40. The molecule has 0 atom stereocenters. The first kappa shape index (κ1) is 13.9. The van der Waals surface area contributed by atoms with Gasteiger partial charge in [0.05, 0.1) is 0 Å². The summed E-state index contributed by atoms with van der Waals surface area (Å²) in [5, 5.41) is 2.96.